The second-order valence-corrected chi connectivity index (χ2v) is 11.8. The highest BCUT2D eigenvalue weighted by atomic mass is 32.2. The van der Waals surface area contributed by atoms with Crippen molar-refractivity contribution in [1.29, 1.82) is 0 Å². The molecule has 2 amide bonds. The molecule has 3 rings (SSSR count). The van der Waals surface area contributed by atoms with Gasteiger partial charge >= 0.3 is 0 Å². The molecular weight excluding hydrogens is 510 g/mol. The van der Waals surface area contributed by atoms with E-state index >= 15 is 0 Å². The van der Waals surface area contributed by atoms with Gasteiger partial charge in [-0.2, -0.15) is 0 Å². The van der Waals surface area contributed by atoms with Crippen LogP contribution in [-0.2, 0) is 26.2 Å². The van der Waals surface area contributed by atoms with Gasteiger partial charge in [0, 0.05) is 13.1 Å². The van der Waals surface area contributed by atoms with Crippen LogP contribution in [0.15, 0.2) is 77.7 Å². The normalized spacial score (nSPS) is 12.0. The van der Waals surface area contributed by atoms with Crippen molar-refractivity contribution in [2.45, 2.75) is 64.9 Å². The maximum Gasteiger partial charge on any atom is 0.264 e. The molecule has 0 aliphatic heterocycles. The van der Waals surface area contributed by atoms with E-state index in [9.17, 15) is 18.0 Å². The molecule has 7 nitrogen and oxygen atoms in total. The van der Waals surface area contributed by atoms with E-state index in [1.807, 2.05) is 64.1 Å². The van der Waals surface area contributed by atoms with Gasteiger partial charge in [0.2, 0.25) is 11.8 Å². The van der Waals surface area contributed by atoms with E-state index in [1.54, 1.807) is 43.3 Å². The predicted molar refractivity (Wildman–Crippen MR) is 156 cm³/mol. The van der Waals surface area contributed by atoms with Crippen LogP contribution in [0.1, 0.15) is 48.9 Å². The van der Waals surface area contributed by atoms with Crippen LogP contribution >= 0.6 is 0 Å². The maximum absolute atomic E-state index is 13.9. The van der Waals surface area contributed by atoms with E-state index in [-0.39, 0.29) is 17.3 Å². The average Bonchev–Trinajstić information content (AvgIpc) is 2.92. The molecule has 0 heterocycles. The highest BCUT2D eigenvalue weighted by Gasteiger charge is 2.32. The van der Waals surface area contributed by atoms with Crippen molar-refractivity contribution >= 4 is 27.5 Å². The molecule has 0 unspecified atom stereocenters. The quantitative estimate of drug-likeness (QED) is 0.317. The highest BCUT2D eigenvalue weighted by Crippen LogP contribution is 2.27. The highest BCUT2D eigenvalue weighted by molar-refractivity contribution is 7.92. The summed E-state index contributed by atoms with van der Waals surface area (Å²) in [6.07, 6.45) is 1.77. The van der Waals surface area contributed by atoms with Crippen LogP contribution in [0, 0.1) is 20.8 Å². The maximum atomic E-state index is 13.9. The van der Waals surface area contributed by atoms with Crippen molar-refractivity contribution in [2.75, 3.05) is 17.4 Å². The van der Waals surface area contributed by atoms with Gasteiger partial charge in [0.05, 0.1) is 10.6 Å². The Balaban J connectivity index is 2.01. The van der Waals surface area contributed by atoms with Gasteiger partial charge in [-0.1, -0.05) is 67.4 Å². The molecule has 0 saturated heterocycles. The van der Waals surface area contributed by atoms with E-state index in [1.165, 1.54) is 4.90 Å². The van der Waals surface area contributed by atoms with Crippen LogP contribution in [0.25, 0.3) is 0 Å². The fourth-order valence-electron chi connectivity index (χ4n) is 4.15. The Kier molecular flexibility index (Phi) is 10.3. The molecule has 0 aromatic heterocycles. The summed E-state index contributed by atoms with van der Waals surface area (Å²) < 4.78 is 29.0. The molecule has 0 spiro atoms. The molecule has 0 fully saturated rings. The molecule has 8 heteroatoms. The van der Waals surface area contributed by atoms with Crippen LogP contribution < -0.4 is 9.62 Å². The Labute approximate surface area is 232 Å². The fourth-order valence-corrected chi connectivity index (χ4v) is 5.55. The number of nitrogens with one attached hydrogen (secondary N) is 1. The first-order chi connectivity index (χ1) is 18.5. The summed E-state index contributed by atoms with van der Waals surface area (Å²) in [6.45, 7) is 9.70. The number of nitrogens with zero attached hydrogens (tertiary/aromatic N) is 2. The van der Waals surface area contributed by atoms with Crippen molar-refractivity contribution in [2.24, 2.45) is 0 Å². The molecule has 208 valence electrons. The van der Waals surface area contributed by atoms with E-state index in [0.29, 0.717) is 12.2 Å². The number of aryl methyl sites for hydroxylation is 3. The lowest BCUT2D eigenvalue weighted by Gasteiger charge is -2.32. The number of sulfonamides is 1. The van der Waals surface area contributed by atoms with E-state index in [2.05, 4.69) is 5.32 Å². The second kappa shape index (κ2) is 13.4. The molecule has 1 N–H and O–H groups in total. The van der Waals surface area contributed by atoms with Gasteiger partial charge in [0.15, 0.2) is 0 Å². The number of unbranched alkanes of at least 4 members (excludes halogenated alkanes) is 1. The van der Waals surface area contributed by atoms with Crippen LogP contribution in [0.4, 0.5) is 5.69 Å². The summed E-state index contributed by atoms with van der Waals surface area (Å²) in [5.41, 5.74) is 4.10. The monoisotopic (exact) mass is 549 g/mol. The average molecular weight is 550 g/mol. The standard InChI is InChI=1S/C31H39N3O4S/c1-6-7-19-32-31(36)26(5)33(21-27-11-9-8-10-12-27)30(35)22-34(28-16-15-24(3)25(4)20-28)39(37,38)29-17-13-23(2)14-18-29/h8-18,20,26H,6-7,19,21-22H2,1-5H3,(H,32,36)/t26-/m0/s1. The summed E-state index contributed by atoms with van der Waals surface area (Å²) in [7, 11) is -4.08. The summed E-state index contributed by atoms with van der Waals surface area (Å²) in [5.74, 6) is -0.738. The van der Waals surface area contributed by atoms with Gasteiger partial charge in [0.1, 0.15) is 12.6 Å². The lowest BCUT2D eigenvalue weighted by atomic mass is 10.1. The minimum absolute atomic E-state index is 0.0964. The van der Waals surface area contributed by atoms with Crippen LogP contribution in [0.5, 0.6) is 0 Å². The van der Waals surface area contributed by atoms with Crippen molar-refractivity contribution in [3.05, 3.63) is 95.1 Å². The molecule has 39 heavy (non-hydrogen) atoms. The molecule has 0 aliphatic carbocycles. The SMILES string of the molecule is CCCCNC(=O)[C@H](C)N(Cc1ccccc1)C(=O)CN(c1ccc(C)c(C)c1)S(=O)(=O)c1ccc(C)cc1. The van der Waals surface area contributed by atoms with Crippen molar-refractivity contribution < 1.29 is 18.0 Å². The van der Waals surface area contributed by atoms with E-state index < -0.39 is 28.5 Å². The summed E-state index contributed by atoms with van der Waals surface area (Å²) in [5, 5.41) is 2.90. The molecule has 3 aromatic carbocycles. The number of benzene rings is 3. The number of carbonyl (C=O) groups excluding carboxylic acids is 2. The Morgan fingerprint density at radius 3 is 2.18 bits per heavy atom. The third kappa shape index (κ3) is 7.69. The van der Waals surface area contributed by atoms with Crippen molar-refractivity contribution in [1.82, 2.24) is 10.2 Å². The fraction of sp³-hybridized carbons (Fsp3) is 0.355. The van der Waals surface area contributed by atoms with Gasteiger partial charge in [0.25, 0.3) is 10.0 Å². The Hall–Kier alpha value is -3.65. The van der Waals surface area contributed by atoms with Crippen LogP contribution in [-0.4, -0.2) is 44.3 Å². The van der Waals surface area contributed by atoms with Gasteiger partial charge in [-0.3, -0.25) is 13.9 Å². The first kappa shape index (κ1) is 29.9. The molecule has 1 atom stereocenters. The molecular formula is C31H39N3O4S. The zero-order valence-corrected chi connectivity index (χ0v) is 24.3. The summed E-state index contributed by atoms with van der Waals surface area (Å²) in [6, 6.07) is 20.5. The summed E-state index contributed by atoms with van der Waals surface area (Å²) >= 11 is 0. The molecule has 0 saturated carbocycles. The van der Waals surface area contributed by atoms with Crippen LogP contribution in [0.2, 0.25) is 0 Å². The molecule has 0 aliphatic rings. The number of hydrogen-bond acceptors (Lipinski definition) is 4. The van der Waals surface area contributed by atoms with Gasteiger partial charge in [-0.15, -0.1) is 0 Å². The Morgan fingerprint density at radius 2 is 1.56 bits per heavy atom. The molecule has 0 bridgehead atoms. The number of amides is 2. The van der Waals surface area contributed by atoms with Gasteiger partial charge in [-0.05, 0) is 75.1 Å². The van der Waals surface area contributed by atoms with Gasteiger partial charge in [-0.25, -0.2) is 8.42 Å². The van der Waals surface area contributed by atoms with Crippen molar-refractivity contribution in [3.8, 4) is 0 Å². The second-order valence-electron chi connectivity index (χ2n) is 9.92. The minimum atomic E-state index is -4.08. The lowest BCUT2D eigenvalue weighted by molar-refractivity contribution is -0.139. The zero-order chi connectivity index (χ0) is 28.6. The number of rotatable bonds is 12. The summed E-state index contributed by atoms with van der Waals surface area (Å²) in [4.78, 5) is 28.5. The number of hydrogen-bond donors (Lipinski definition) is 1. The Morgan fingerprint density at radius 1 is 0.897 bits per heavy atom. The van der Waals surface area contributed by atoms with Crippen molar-refractivity contribution in [3.63, 3.8) is 0 Å². The lowest BCUT2D eigenvalue weighted by Crippen LogP contribution is -2.51. The topological polar surface area (TPSA) is 86.8 Å². The third-order valence-corrected chi connectivity index (χ3v) is 8.65. The largest absolute Gasteiger partial charge is 0.354 e. The first-order valence-electron chi connectivity index (χ1n) is 13.3. The molecule has 0 radical (unpaired) electrons. The number of anilines is 1. The van der Waals surface area contributed by atoms with E-state index in [4.69, 9.17) is 0 Å². The predicted octanol–water partition coefficient (Wildman–Crippen LogP) is 5.14. The van der Waals surface area contributed by atoms with Crippen LogP contribution in [0.3, 0.4) is 0 Å². The molecule has 3 aromatic rings. The first-order valence-corrected chi connectivity index (χ1v) is 14.8. The zero-order valence-electron chi connectivity index (χ0n) is 23.5. The number of carbonyl (C=O) groups is 2. The Bertz CT molecular complexity index is 1370. The third-order valence-electron chi connectivity index (χ3n) is 6.86. The van der Waals surface area contributed by atoms with Gasteiger partial charge < -0.3 is 10.2 Å². The van der Waals surface area contributed by atoms with E-state index in [0.717, 1.165) is 39.4 Å². The minimum Gasteiger partial charge on any atom is -0.354 e. The smallest absolute Gasteiger partial charge is 0.264 e.